The average molecular weight is 358 g/mol. The van der Waals surface area contributed by atoms with E-state index in [4.69, 9.17) is 5.73 Å². The van der Waals surface area contributed by atoms with Crippen LogP contribution < -0.4 is 11.3 Å². The number of benzene rings is 1. The first-order valence-corrected chi connectivity index (χ1v) is 6.55. The van der Waals surface area contributed by atoms with Gasteiger partial charge in [-0.15, -0.1) is 0 Å². The minimum Gasteiger partial charge on any atom is -0.399 e. The Hall–Kier alpha value is -1.07. The largest absolute Gasteiger partial charge is 0.399 e. The van der Waals surface area contributed by atoms with Crippen molar-refractivity contribution in [1.29, 1.82) is 0 Å². The Bertz CT molecular complexity index is 608. The first-order chi connectivity index (χ1) is 8.06. The Morgan fingerprint density at radius 2 is 1.94 bits per heavy atom. The van der Waals surface area contributed by atoms with Crippen LogP contribution in [0.3, 0.4) is 0 Å². The summed E-state index contributed by atoms with van der Waals surface area (Å²) in [6.45, 7) is 0.513. The van der Waals surface area contributed by atoms with Crippen LogP contribution in [0.25, 0.3) is 0 Å². The van der Waals surface area contributed by atoms with Crippen molar-refractivity contribution in [3.63, 3.8) is 0 Å². The fourth-order valence-electron chi connectivity index (χ4n) is 1.50. The van der Waals surface area contributed by atoms with Gasteiger partial charge in [-0.3, -0.25) is 4.79 Å². The topological polar surface area (TPSA) is 48.0 Å². The molecule has 2 rings (SSSR count). The van der Waals surface area contributed by atoms with Gasteiger partial charge in [0.1, 0.15) is 0 Å². The lowest BCUT2D eigenvalue weighted by Gasteiger charge is -2.08. The summed E-state index contributed by atoms with van der Waals surface area (Å²) in [7, 11) is 0. The van der Waals surface area contributed by atoms with Gasteiger partial charge in [-0.2, -0.15) is 0 Å². The first kappa shape index (κ1) is 12.4. The lowest BCUT2D eigenvalue weighted by atomic mass is 10.2. The lowest BCUT2D eigenvalue weighted by Crippen LogP contribution is -2.18. The van der Waals surface area contributed by atoms with Gasteiger partial charge in [0.15, 0.2) is 0 Å². The van der Waals surface area contributed by atoms with Crippen LogP contribution in [-0.2, 0) is 6.54 Å². The van der Waals surface area contributed by atoms with Crippen LogP contribution in [-0.4, -0.2) is 4.57 Å². The summed E-state index contributed by atoms with van der Waals surface area (Å²) >= 11 is 6.79. The monoisotopic (exact) mass is 356 g/mol. The van der Waals surface area contributed by atoms with Crippen LogP contribution in [0.5, 0.6) is 0 Å². The number of nitrogen functional groups attached to an aromatic ring is 1. The van der Waals surface area contributed by atoms with E-state index in [0.29, 0.717) is 12.2 Å². The van der Waals surface area contributed by atoms with Crippen LogP contribution in [0.15, 0.2) is 50.3 Å². The molecule has 0 unspecified atom stereocenters. The Balaban J connectivity index is 2.38. The lowest BCUT2D eigenvalue weighted by molar-refractivity contribution is 0.754. The summed E-state index contributed by atoms with van der Waals surface area (Å²) in [5.74, 6) is 0. The van der Waals surface area contributed by atoms with E-state index in [-0.39, 0.29) is 5.56 Å². The molecule has 0 fully saturated rings. The molecule has 0 saturated carbocycles. The van der Waals surface area contributed by atoms with Gasteiger partial charge < -0.3 is 10.3 Å². The molecule has 0 amide bonds. The molecule has 17 heavy (non-hydrogen) atoms. The number of hydrogen-bond acceptors (Lipinski definition) is 2. The number of nitrogens with two attached hydrogens (primary N) is 1. The predicted octanol–water partition coefficient (Wildman–Crippen LogP) is 3.00. The first-order valence-electron chi connectivity index (χ1n) is 4.96. The summed E-state index contributed by atoms with van der Waals surface area (Å²) in [5, 5.41) is 0. The van der Waals surface area contributed by atoms with Gasteiger partial charge in [0.05, 0.1) is 6.54 Å². The fraction of sp³-hybridized carbons (Fsp3) is 0.0833. The van der Waals surface area contributed by atoms with Gasteiger partial charge in [0.25, 0.3) is 5.56 Å². The van der Waals surface area contributed by atoms with E-state index >= 15 is 0 Å². The van der Waals surface area contributed by atoms with E-state index in [1.54, 1.807) is 16.8 Å². The third-order valence-electron chi connectivity index (χ3n) is 2.37. The molecule has 2 aromatic rings. The highest BCUT2D eigenvalue weighted by Crippen LogP contribution is 2.20. The molecular weight excluding hydrogens is 348 g/mol. The van der Waals surface area contributed by atoms with Crippen molar-refractivity contribution < 1.29 is 0 Å². The molecule has 1 aromatic heterocycles. The zero-order chi connectivity index (χ0) is 12.4. The van der Waals surface area contributed by atoms with Gasteiger partial charge in [-0.25, -0.2) is 0 Å². The molecular formula is C12H10Br2N2O. The number of aromatic nitrogens is 1. The second-order valence-electron chi connectivity index (χ2n) is 3.66. The molecule has 0 radical (unpaired) electrons. The van der Waals surface area contributed by atoms with E-state index in [1.165, 1.54) is 6.07 Å². The van der Waals surface area contributed by atoms with Gasteiger partial charge in [0.2, 0.25) is 0 Å². The van der Waals surface area contributed by atoms with E-state index in [1.807, 2.05) is 18.2 Å². The van der Waals surface area contributed by atoms with Gasteiger partial charge in [0, 0.05) is 26.9 Å². The second kappa shape index (κ2) is 5.06. The standard InChI is InChI=1S/C12H10Br2N2O/c13-9-2-4-12(17)16(7-9)6-8-1-3-10(15)5-11(8)14/h1-5,7H,6,15H2. The number of anilines is 1. The number of pyridine rings is 1. The van der Waals surface area contributed by atoms with Crippen molar-refractivity contribution >= 4 is 37.5 Å². The summed E-state index contributed by atoms with van der Waals surface area (Å²) in [5.41, 5.74) is 7.35. The van der Waals surface area contributed by atoms with Crippen molar-refractivity contribution in [2.24, 2.45) is 0 Å². The van der Waals surface area contributed by atoms with Crippen LogP contribution in [0, 0.1) is 0 Å². The molecule has 1 aromatic carbocycles. The minimum absolute atomic E-state index is 0.0306. The molecule has 0 aliphatic heterocycles. The Labute approximate surface area is 116 Å². The highest BCUT2D eigenvalue weighted by Gasteiger charge is 2.03. The van der Waals surface area contributed by atoms with Crippen molar-refractivity contribution in [3.05, 3.63) is 61.4 Å². The molecule has 0 aliphatic rings. The van der Waals surface area contributed by atoms with Gasteiger partial charge in [-0.1, -0.05) is 22.0 Å². The van der Waals surface area contributed by atoms with Crippen molar-refractivity contribution in [2.45, 2.75) is 6.54 Å². The van der Waals surface area contributed by atoms with Crippen LogP contribution in [0.1, 0.15) is 5.56 Å². The third-order valence-corrected chi connectivity index (χ3v) is 3.57. The predicted molar refractivity (Wildman–Crippen MR) is 76.1 cm³/mol. The second-order valence-corrected chi connectivity index (χ2v) is 5.43. The van der Waals surface area contributed by atoms with E-state index < -0.39 is 0 Å². The zero-order valence-corrected chi connectivity index (χ0v) is 12.0. The van der Waals surface area contributed by atoms with E-state index in [9.17, 15) is 4.79 Å². The smallest absolute Gasteiger partial charge is 0.250 e. The van der Waals surface area contributed by atoms with E-state index in [0.717, 1.165) is 14.5 Å². The molecule has 5 heteroatoms. The molecule has 0 atom stereocenters. The molecule has 1 heterocycles. The maximum atomic E-state index is 11.7. The molecule has 88 valence electrons. The zero-order valence-electron chi connectivity index (χ0n) is 8.86. The average Bonchev–Trinajstić information content (AvgIpc) is 2.27. The molecule has 0 aliphatic carbocycles. The highest BCUT2D eigenvalue weighted by molar-refractivity contribution is 9.10. The van der Waals surface area contributed by atoms with Crippen LogP contribution in [0.4, 0.5) is 5.69 Å². The van der Waals surface area contributed by atoms with E-state index in [2.05, 4.69) is 31.9 Å². The SMILES string of the molecule is Nc1ccc(Cn2cc(Br)ccc2=O)c(Br)c1. The fourth-order valence-corrected chi connectivity index (χ4v) is 2.40. The van der Waals surface area contributed by atoms with Gasteiger partial charge in [-0.05, 0) is 39.7 Å². The number of nitrogens with zero attached hydrogens (tertiary/aromatic N) is 1. The van der Waals surface area contributed by atoms with Crippen molar-refractivity contribution in [1.82, 2.24) is 4.57 Å². The van der Waals surface area contributed by atoms with Crippen LogP contribution in [0.2, 0.25) is 0 Å². The molecule has 3 nitrogen and oxygen atoms in total. The Kier molecular flexibility index (Phi) is 3.69. The van der Waals surface area contributed by atoms with Gasteiger partial charge >= 0.3 is 0 Å². The van der Waals surface area contributed by atoms with Crippen LogP contribution >= 0.6 is 31.9 Å². The molecule has 2 N–H and O–H groups in total. The highest BCUT2D eigenvalue weighted by atomic mass is 79.9. The quantitative estimate of drug-likeness (QED) is 0.840. The number of hydrogen-bond donors (Lipinski definition) is 1. The molecule has 0 spiro atoms. The summed E-state index contributed by atoms with van der Waals surface area (Å²) < 4.78 is 3.42. The summed E-state index contributed by atoms with van der Waals surface area (Å²) in [4.78, 5) is 11.7. The maximum Gasteiger partial charge on any atom is 0.250 e. The summed E-state index contributed by atoms with van der Waals surface area (Å²) in [6, 6.07) is 8.83. The number of halogens is 2. The third kappa shape index (κ3) is 2.98. The molecule has 0 saturated heterocycles. The summed E-state index contributed by atoms with van der Waals surface area (Å²) in [6.07, 6.45) is 1.77. The number of rotatable bonds is 2. The minimum atomic E-state index is -0.0306. The normalized spacial score (nSPS) is 10.5. The Morgan fingerprint density at radius 1 is 1.18 bits per heavy atom. The van der Waals surface area contributed by atoms with Crippen molar-refractivity contribution in [3.8, 4) is 0 Å². The Morgan fingerprint density at radius 3 is 2.65 bits per heavy atom. The van der Waals surface area contributed by atoms with Crippen molar-refractivity contribution in [2.75, 3.05) is 5.73 Å². The maximum absolute atomic E-state index is 11.7. The molecule has 0 bridgehead atoms.